The van der Waals surface area contributed by atoms with E-state index in [2.05, 4.69) is 139 Å². The molecule has 0 bridgehead atoms. The van der Waals surface area contributed by atoms with E-state index in [0.717, 1.165) is 46.7 Å². The maximum Gasteiger partial charge on any atom is 0.0781 e. The number of thioether (sulfide) groups is 2. The van der Waals surface area contributed by atoms with Crippen LogP contribution in [0.4, 0.5) is 5.69 Å². The highest BCUT2D eigenvalue weighted by Crippen LogP contribution is 2.44. The molecule has 0 radical (unpaired) electrons. The molecule has 0 aliphatic carbocycles. The zero-order valence-corrected chi connectivity index (χ0v) is 24.2. The normalized spacial score (nSPS) is 10.7. The lowest BCUT2D eigenvalue weighted by Crippen LogP contribution is -1.98. The Balaban J connectivity index is 1.43. The molecule has 0 saturated carbocycles. The molecule has 0 heterocycles. The Labute approximate surface area is 247 Å². The number of hydrogen-bond acceptors (Lipinski definition) is 3. The van der Waals surface area contributed by atoms with E-state index >= 15 is 0 Å². The summed E-state index contributed by atoms with van der Waals surface area (Å²) >= 11 is 4.03. The first kappa shape index (κ1) is 27.8. The summed E-state index contributed by atoms with van der Waals surface area (Å²) in [5.74, 6) is 5.56. The van der Waals surface area contributed by atoms with Gasteiger partial charge in [0.2, 0.25) is 0 Å². The van der Waals surface area contributed by atoms with Crippen LogP contribution in [0, 0.1) is 0 Å². The molecule has 0 atom stereocenters. The monoisotopic (exact) mass is 555 g/mol. The van der Waals surface area contributed by atoms with Crippen LogP contribution >= 0.6 is 23.5 Å². The molecular formula is C37H33NS2. The lowest BCUT2D eigenvalue weighted by molar-refractivity contribution is 1.14. The van der Waals surface area contributed by atoms with E-state index in [1.807, 2.05) is 35.7 Å². The predicted molar refractivity (Wildman–Crippen MR) is 177 cm³/mol. The summed E-state index contributed by atoms with van der Waals surface area (Å²) in [7, 11) is 0. The standard InChI is InChI=1S/C37H33NS2/c1-5-15-30(16-6-1)25-27-39-37(40-28-26-31-17-7-2-8-18-31)34-23-13-14-24-36(34)38-29-35(32-19-9-3-10-20-32)33-21-11-4-12-22-33/h1-24,37H,25-28H2. The van der Waals surface area contributed by atoms with E-state index in [1.54, 1.807) is 0 Å². The smallest absolute Gasteiger partial charge is 0.0781 e. The molecule has 0 aromatic heterocycles. The fourth-order valence-electron chi connectivity index (χ4n) is 4.49. The van der Waals surface area contributed by atoms with Crippen molar-refractivity contribution < 1.29 is 0 Å². The van der Waals surface area contributed by atoms with Crippen LogP contribution in [-0.2, 0) is 12.8 Å². The summed E-state index contributed by atoms with van der Waals surface area (Å²) in [5.41, 5.74) is 8.23. The number of aryl methyl sites for hydroxylation is 2. The SMILES string of the molecule is C(=Nc1ccccc1C(SCCc1ccccc1)SCCc1ccccc1)=C(c1ccccc1)c1ccccc1. The highest BCUT2D eigenvalue weighted by Gasteiger charge is 2.17. The molecule has 5 aromatic rings. The molecule has 3 heteroatoms. The molecule has 0 spiro atoms. The average Bonchev–Trinajstić information content (AvgIpc) is 3.03. The second-order valence-electron chi connectivity index (χ2n) is 9.43. The lowest BCUT2D eigenvalue weighted by Gasteiger charge is -2.18. The van der Waals surface area contributed by atoms with Crippen LogP contribution in [-0.4, -0.2) is 17.4 Å². The summed E-state index contributed by atoms with van der Waals surface area (Å²) < 4.78 is 0.283. The Morgan fingerprint density at radius 3 is 1.45 bits per heavy atom. The van der Waals surface area contributed by atoms with Gasteiger partial charge in [-0.15, -0.1) is 23.5 Å². The van der Waals surface area contributed by atoms with Crippen LogP contribution in [0.2, 0.25) is 0 Å². The molecule has 40 heavy (non-hydrogen) atoms. The molecular weight excluding hydrogens is 523 g/mol. The number of rotatable bonds is 12. The molecule has 5 rings (SSSR count). The molecule has 1 nitrogen and oxygen atoms in total. The Kier molecular flexibility index (Phi) is 10.5. The van der Waals surface area contributed by atoms with E-state index in [0.29, 0.717) is 0 Å². The first-order valence-electron chi connectivity index (χ1n) is 13.7. The van der Waals surface area contributed by atoms with Crippen molar-refractivity contribution in [3.8, 4) is 0 Å². The van der Waals surface area contributed by atoms with Crippen molar-refractivity contribution in [2.45, 2.75) is 17.4 Å². The minimum absolute atomic E-state index is 0.283. The van der Waals surface area contributed by atoms with E-state index in [1.165, 1.54) is 16.7 Å². The van der Waals surface area contributed by atoms with Gasteiger partial charge in [0, 0.05) is 5.56 Å². The molecule has 0 aliphatic heterocycles. The van der Waals surface area contributed by atoms with Crippen LogP contribution < -0.4 is 0 Å². The summed E-state index contributed by atoms with van der Waals surface area (Å²) in [6.07, 6.45) is 2.11. The van der Waals surface area contributed by atoms with Gasteiger partial charge in [-0.05, 0) is 58.5 Å². The molecule has 0 saturated heterocycles. The van der Waals surface area contributed by atoms with Crippen LogP contribution in [0.5, 0.6) is 0 Å². The number of aliphatic imine (C=N–C) groups is 1. The van der Waals surface area contributed by atoms with Crippen molar-refractivity contribution in [1.29, 1.82) is 0 Å². The van der Waals surface area contributed by atoms with Gasteiger partial charge >= 0.3 is 0 Å². The Hall–Kier alpha value is -3.75. The van der Waals surface area contributed by atoms with Crippen LogP contribution in [0.3, 0.4) is 0 Å². The molecule has 0 N–H and O–H groups in total. The Morgan fingerprint density at radius 2 is 0.950 bits per heavy atom. The van der Waals surface area contributed by atoms with Gasteiger partial charge in [0.25, 0.3) is 0 Å². The summed E-state index contributed by atoms with van der Waals surface area (Å²) in [4.78, 5) is 5.00. The van der Waals surface area contributed by atoms with E-state index in [-0.39, 0.29) is 4.58 Å². The number of para-hydroxylation sites is 1. The van der Waals surface area contributed by atoms with Gasteiger partial charge in [-0.1, -0.05) is 140 Å². The zero-order valence-electron chi connectivity index (χ0n) is 22.5. The van der Waals surface area contributed by atoms with Crippen molar-refractivity contribution in [2.75, 3.05) is 11.5 Å². The third kappa shape index (κ3) is 8.13. The fourth-order valence-corrected chi connectivity index (χ4v) is 7.35. The topological polar surface area (TPSA) is 12.4 Å². The minimum atomic E-state index is 0.283. The third-order valence-corrected chi connectivity index (χ3v) is 9.42. The van der Waals surface area contributed by atoms with Gasteiger partial charge in [0.1, 0.15) is 0 Å². The molecule has 0 fully saturated rings. The van der Waals surface area contributed by atoms with E-state index in [4.69, 9.17) is 4.99 Å². The lowest BCUT2D eigenvalue weighted by atomic mass is 9.99. The van der Waals surface area contributed by atoms with Gasteiger partial charge in [-0.2, -0.15) is 0 Å². The van der Waals surface area contributed by atoms with Crippen molar-refractivity contribution >= 4 is 40.7 Å². The summed E-state index contributed by atoms with van der Waals surface area (Å²) in [5, 5.41) is 0. The highest BCUT2D eigenvalue weighted by molar-refractivity contribution is 8.16. The van der Waals surface area contributed by atoms with Gasteiger partial charge in [0.05, 0.1) is 15.8 Å². The molecule has 198 valence electrons. The van der Waals surface area contributed by atoms with Crippen LogP contribution in [0.1, 0.15) is 32.4 Å². The Bertz CT molecular complexity index is 1420. The van der Waals surface area contributed by atoms with Crippen molar-refractivity contribution in [3.05, 3.63) is 173 Å². The van der Waals surface area contributed by atoms with Gasteiger partial charge in [-0.3, -0.25) is 0 Å². The van der Waals surface area contributed by atoms with Crippen molar-refractivity contribution in [2.24, 2.45) is 4.99 Å². The highest BCUT2D eigenvalue weighted by atomic mass is 32.2. The second-order valence-corrected chi connectivity index (χ2v) is 12.2. The number of hydrogen-bond donors (Lipinski definition) is 0. The fraction of sp³-hybridized carbons (Fsp3) is 0.135. The summed E-state index contributed by atoms with van der Waals surface area (Å²) in [6.45, 7) is 0. The first-order chi connectivity index (χ1) is 19.9. The third-order valence-electron chi connectivity index (χ3n) is 6.61. The largest absolute Gasteiger partial charge is 0.205 e. The van der Waals surface area contributed by atoms with E-state index < -0.39 is 0 Å². The maximum atomic E-state index is 5.00. The predicted octanol–water partition coefficient (Wildman–Crippen LogP) is 10.1. The average molecular weight is 556 g/mol. The van der Waals surface area contributed by atoms with Gasteiger partial charge < -0.3 is 0 Å². The molecule has 0 unspecified atom stereocenters. The van der Waals surface area contributed by atoms with Crippen LogP contribution in [0.25, 0.3) is 5.57 Å². The molecule has 5 aromatic carbocycles. The number of nitrogens with zero attached hydrogens (tertiary/aromatic N) is 1. The second kappa shape index (κ2) is 15.1. The first-order valence-corrected chi connectivity index (χ1v) is 15.8. The summed E-state index contributed by atoms with van der Waals surface area (Å²) in [6, 6.07) is 51.0. The van der Waals surface area contributed by atoms with Gasteiger partial charge in [0.15, 0.2) is 0 Å². The van der Waals surface area contributed by atoms with E-state index in [9.17, 15) is 0 Å². The van der Waals surface area contributed by atoms with Crippen molar-refractivity contribution in [3.63, 3.8) is 0 Å². The van der Waals surface area contributed by atoms with Crippen LogP contribution in [0.15, 0.2) is 151 Å². The zero-order chi connectivity index (χ0) is 27.2. The van der Waals surface area contributed by atoms with Crippen molar-refractivity contribution in [1.82, 2.24) is 0 Å². The molecule has 0 amide bonds. The Morgan fingerprint density at radius 1 is 0.525 bits per heavy atom. The van der Waals surface area contributed by atoms with Gasteiger partial charge in [-0.25, -0.2) is 4.99 Å². The molecule has 0 aliphatic rings. The quantitative estimate of drug-likeness (QED) is 0.112. The number of benzene rings is 5. The maximum absolute atomic E-state index is 5.00. The minimum Gasteiger partial charge on any atom is -0.205 e.